The summed E-state index contributed by atoms with van der Waals surface area (Å²) >= 11 is 0. The van der Waals surface area contributed by atoms with E-state index in [0.29, 0.717) is 30.8 Å². The number of hydrogen-bond acceptors (Lipinski definition) is 4. The summed E-state index contributed by atoms with van der Waals surface area (Å²) in [6.45, 7) is 2.52. The third kappa shape index (κ3) is 3.96. The Morgan fingerprint density at radius 3 is 2.54 bits per heavy atom. The number of benzene rings is 2. The first-order chi connectivity index (χ1) is 12.6. The van der Waals surface area contributed by atoms with Gasteiger partial charge >= 0.3 is 0 Å². The van der Waals surface area contributed by atoms with E-state index in [2.05, 4.69) is 5.32 Å². The van der Waals surface area contributed by atoms with Crippen molar-refractivity contribution in [3.63, 3.8) is 0 Å². The minimum Gasteiger partial charge on any atom is -0.497 e. The van der Waals surface area contributed by atoms with Crippen LogP contribution in [-0.4, -0.2) is 32.1 Å². The van der Waals surface area contributed by atoms with Gasteiger partial charge in [-0.05, 0) is 61.4 Å². The van der Waals surface area contributed by atoms with Gasteiger partial charge < -0.3 is 19.7 Å². The Hall–Kier alpha value is -3.02. The van der Waals surface area contributed by atoms with E-state index in [9.17, 15) is 9.59 Å². The quantitative estimate of drug-likeness (QED) is 0.866. The number of fused-ring (bicyclic) bond motifs is 1. The molecule has 2 aromatic rings. The Balaban J connectivity index is 1.60. The Bertz CT molecular complexity index is 802. The second kappa shape index (κ2) is 7.91. The van der Waals surface area contributed by atoms with E-state index < -0.39 is 0 Å². The highest BCUT2D eigenvalue weighted by Crippen LogP contribution is 2.30. The first kappa shape index (κ1) is 17.8. The van der Waals surface area contributed by atoms with Gasteiger partial charge in [0.1, 0.15) is 11.5 Å². The van der Waals surface area contributed by atoms with Gasteiger partial charge in [0.05, 0.1) is 7.11 Å². The molecule has 6 nitrogen and oxygen atoms in total. The molecule has 1 aliphatic heterocycles. The largest absolute Gasteiger partial charge is 0.497 e. The lowest BCUT2D eigenvalue weighted by molar-refractivity contribution is -0.119. The van der Waals surface area contributed by atoms with Gasteiger partial charge in [-0.15, -0.1) is 0 Å². The number of nitrogens with zero attached hydrogens (tertiary/aromatic N) is 1. The number of aryl methyl sites for hydroxylation is 1. The monoisotopic (exact) mass is 354 g/mol. The summed E-state index contributed by atoms with van der Waals surface area (Å²) in [5.41, 5.74) is 2.70. The number of ether oxygens (including phenoxy) is 2. The predicted octanol–water partition coefficient (Wildman–Crippen LogP) is 3.01. The maximum Gasteiger partial charge on any atom is 0.262 e. The molecule has 1 N–H and O–H groups in total. The van der Waals surface area contributed by atoms with Crippen LogP contribution in [0.15, 0.2) is 42.5 Å². The second-order valence-electron chi connectivity index (χ2n) is 5.99. The van der Waals surface area contributed by atoms with Crippen LogP contribution in [0.2, 0.25) is 0 Å². The van der Waals surface area contributed by atoms with Crippen molar-refractivity contribution in [2.24, 2.45) is 0 Å². The van der Waals surface area contributed by atoms with Gasteiger partial charge in [-0.1, -0.05) is 0 Å². The van der Waals surface area contributed by atoms with Gasteiger partial charge in [0.25, 0.3) is 5.91 Å². The van der Waals surface area contributed by atoms with E-state index >= 15 is 0 Å². The molecule has 1 heterocycles. The average molecular weight is 354 g/mol. The standard InChI is InChI=1S/C20H22N2O4/c1-3-22-18-10-5-15(12-14(18)4-11-20(22)24)21-19(23)13-26-17-8-6-16(25-2)7-9-17/h5-10,12H,3-4,11,13H2,1-2H3,(H,21,23). The number of nitrogens with one attached hydrogen (secondary N) is 1. The maximum atomic E-state index is 12.1. The molecule has 1 aliphatic rings. The number of methoxy groups -OCH3 is 1. The summed E-state index contributed by atoms with van der Waals surface area (Å²) in [7, 11) is 1.59. The van der Waals surface area contributed by atoms with E-state index in [1.54, 1.807) is 36.3 Å². The molecule has 0 bridgehead atoms. The van der Waals surface area contributed by atoms with E-state index in [1.165, 1.54) is 0 Å². The minimum atomic E-state index is -0.236. The Morgan fingerprint density at radius 2 is 1.85 bits per heavy atom. The van der Waals surface area contributed by atoms with Crippen molar-refractivity contribution in [3.8, 4) is 11.5 Å². The van der Waals surface area contributed by atoms with Crippen molar-refractivity contribution in [2.75, 3.05) is 30.5 Å². The van der Waals surface area contributed by atoms with Crippen molar-refractivity contribution in [1.82, 2.24) is 0 Å². The third-order valence-electron chi connectivity index (χ3n) is 4.31. The topological polar surface area (TPSA) is 67.9 Å². The fourth-order valence-electron chi connectivity index (χ4n) is 3.00. The van der Waals surface area contributed by atoms with Crippen LogP contribution in [0.3, 0.4) is 0 Å². The maximum absolute atomic E-state index is 12.1. The molecule has 6 heteroatoms. The van der Waals surface area contributed by atoms with Crippen LogP contribution in [0, 0.1) is 0 Å². The molecule has 2 amide bonds. The molecule has 0 unspecified atom stereocenters. The van der Waals surface area contributed by atoms with Crippen LogP contribution in [0.4, 0.5) is 11.4 Å². The Kier molecular flexibility index (Phi) is 5.41. The molecule has 0 aliphatic carbocycles. The lowest BCUT2D eigenvalue weighted by atomic mass is 10.0. The molecule has 0 aromatic heterocycles. The second-order valence-corrected chi connectivity index (χ2v) is 5.99. The van der Waals surface area contributed by atoms with Gasteiger partial charge in [-0.25, -0.2) is 0 Å². The number of amides is 2. The van der Waals surface area contributed by atoms with Crippen LogP contribution in [-0.2, 0) is 16.0 Å². The number of carbonyl (C=O) groups excluding carboxylic acids is 2. The van der Waals surface area contributed by atoms with Gasteiger partial charge in [0.2, 0.25) is 5.91 Å². The Labute approximate surface area is 152 Å². The molecule has 0 atom stereocenters. The molecule has 0 fully saturated rings. The molecule has 136 valence electrons. The molecule has 2 aromatic carbocycles. The fourth-order valence-corrected chi connectivity index (χ4v) is 3.00. The minimum absolute atomic E-state index is 0.0804. The average Bonchev–Trinajstić information content (AvgIpc) is 2.67. The van der Waals surface area contributed by atoms with Crippen molar-refractivity contribution in [2.45, 2.75) is 19.8 Å². The van der Waals surface area contributed by atoms with Crippen molar-refractivity contribution in [3.05, 3.63) is 48.0 Å². The smallest absolute Gasteiger partial charge is 0.262 e. The number of hydrogen-bond donors (Lipinski definition) is 1. The molecule has 26 heavy (non-hydrogen) atoms. The van der Waals surface area contributed by atoms with E-state index in [4.69, 9.17) is 9.47 Å². The van der Waals surface area contributed by atoms with Crippen molar-refractivity contribution >= 4 is 23.2 Å². The van der Waals surface area contributed by atoms with Gasteiger partial charge in [0.15, 0.2) is 6.61 Å². The number of rotatable bonds is 6. The van der Waals surface area contributed by atoms with E-state index in [0.717, 1.165) is 17.0 Å². The molecular formula is C20H22N2O4. The summed E-state index contributed by atoms with van der Waals surface area (Å²) in [5, 5.41) is 2.84. The first-order valence-electron chi connectivity index (χ1n) is 8.60. The molecule has 3 rings (SSSR count). The lowest BCUT2D eigenvalue weighted by Gasteiger charge is -2.28. The zero-order valence-electron chi connectivity index (χ0n) is 15.0. The summed E-state index contributed by atoms with van der Waals surface area (Å²) in [6, 6.07) is 12.7. The van der Waals surface area contributed by atoms with E-state index in [1.807, 2.05) is 25.1 Å². The highest BCUT2D eigenvalue weighted by atomic mass is 16.5. The molecule has 0 saturated carbocycles. The predicted molar refractivity (Wildman–Crippen MR) is 99.9 cm³/mol. The fraction of sp³-hybridized carbons (Fsp3) is 0.300. The highest BCUT2D eigenvalue weighted by molar-refractivity contribution is 5.97. The van der Waals surface area contributed by atoms with Crippen LogP contribution in [0.5, 0.6) is 11.5 Å². The summed E-state index contributed by atoms with van der Waals surface area (Å²) in [6.07, 6.45) is 1.19. The van der Waals surface area contributed by atoms with Gasteiger partial charge in [-0.2, -0.15) is 0 Å². The molecule has 0 saturated heterocycles. The summed E-state index contributed by atoms with van der Waals surface area (Å²) in [4.78, 5) is 25.8. The van der Waals surface area contributed by atoms with Gasteiger partial charge in [0, 0.05) is 24.3 Å². The van der Waals surface area contributed by atoms with Crippen LogP contribution in [0.1, 0.15) is 18.9 Å². The molecular weight excluding hydrogens is 332 g/mol. The van der Waals surface area contributed by atoms with Crippen molar-refractivity contribution < 1.29 is 19.1 Å². The molecule has 0 radical (unpaired) electrons. The van der Waals surface area contributed by atoms with E-state index in [-0.39, 0.29) is 18.4 Å². The molecule has 0 spiro atoms. The zero-order chi connectivity index (χ0) is 18.5. The zero-order valence-corrected chi connectivity index (χ0v) is 15.0. The number of carbonyl (C=O) groups is 2. The summed E-state index contributed by atoms with van der Waals surface area (Å²) < 4.78 is 10.6. The van der Waals surface area contributed by atoms with Crippen molar-refractivity contribution in [1.29, 1.82) is 0 Å². The first-order valence-corrected chi connectivity index (χ1v) is 8.60. The van der Waals surface area contributed by atoms with Crippen LogP contribution < -0.4 is 19.7 Å². The third-order valence-corrected chi connectivity index (χ3v) is 4.31. The normalized spacial score (nSPS) is 13.2. The summed E-state index contributed by atoms with van der Waals surface area (Å²) in [5.74, 6) is 1.24. The lowest BCUT2D eigenvalue weighted by Crippen LogP contribution is -2.34. The van der Waals surface area contributed by atoms with Crippen LogP contribution in [0.25, 0.3) is 0 Å². The van der Waals surface area contributed by atoms with Crippen LogP contribution >= 0.6 is 0 Å². The van der Waals surface area contributed by atoms with Gasteiger partial charge in [-0.3, -0.25) is 9.59 Å². The SMILES string of the molecule is CCN1C(=O)CCc2cc(NC(=O)COc3ccc(OC)cc3)ccc21. The Morgan fingerprint density at radius 1 is 1.12 bits per heavy atom. The highest BCUT2D eigenvalue weighted by Gasteiger charge is 2.22. The number of anilines is 2.